The Morgan fingerprint density at radius 3 is 2.10 bits per heavy atom. The fraction of sp³-hybridized carbons (Fsp3) is 0.806. The second-order valence-electron chi connectivity index (χ2n) is 10.4. The maximum atomic E-state index is 12.4. The van der Waals surface area contributed by atoms with Gasteiger partial charge in [0.25, 0.3) is 0 Å². The van der Waals surface area contributed by atoms with Crippen LogP contribution in [0, 0.1) is 0 Å². The molecular weight excluding hydrogens is 514 g/mol. The smallest absolute Gasteiger partial charge is 0.308 e. The molecule has 0 saturated carbocycles. The Labute approximate surface area is 242 Å². The Morgan fingerprint density at radius 2 is 1.38 bits per heavy atom. The highest BCUT2D eigenvalue weighted by atomic mass is 16.7. The van der Waals surface area contributed by atoms with Gasteiger partial charge < -0.3 is 24.3 Å². The molecule has 0 spiro atoms. The SMILES string of the molecule is CCCCCCC(C/C=C\CCCCCCCC(=O)OCOC(C)=O)OC(=O)CCCC(=O)OCCNC(C)C. The van der Waals surface area contributed by atoms with E-state index in [2.05, 4.69) is 29.1 Å². The van der Waals surface area contributed by atoms with Crippen LogP contribution < -0.4 is 5.32 Å². The Morgan fingerprint density at radius 1 is 0.725 bits per heavy atom. The Balaban J connectivity index is 4.09. The van der Waals surface area contributed by atoms with E-state index in [4.69, 9.17) is 14.2 Å². The number of unbranched alkanes of at least 4 members (excludes halogenated alkanes) is 8. The van der Waals surface area contributed by atoms with Gasteiger partial charge in [0.15, 0.2) is 0 Å². The summed E-state index contributed by atoms with van der Waals surface area (Å²) in [6.45, 7) is 8.16. The molecule has 0 aromatic heterocycles. The van der Waals surface area contributed by atoms with Crippen molar-refractivity contribution in [3.8, 4) is 0 Å². The minimum Gasteiger partial charge on any atom is -0.464 e. The predicted octanol–water partition coefficient (Wildman–Crippen LogP) is 6.32. The molecule has 0 bridgehead atoms. The lowest BCUT2D eigenvalue weighted by atomic mass is 10.1. The second-order valence-corrected chi connectivity index (χ2v) is 10.4. The van der Waals surface area contributed by atoms with Crippen molar-refractivity contribution in [2.24, 2.45) is 0 Å². The summed E-state index contributed by atoms with van der Waals surface area (Å²) in [6, 6.07) is 0.349. The summed E-state index contributed by atoms with van der Waals surface area (Å²) in [7, 11) is 0. The van der Waals surface area contributed by atoms with Crippen molar-refractivity contribution in [1.29, 1.82) is 0 Å². The fourth-order valence-corrected chi connectivity index (χ4v) is 3.91. The van der Waals surface area contributed by atoms with Gasteiger partial charge in [-0.05, 0) is 38.5 Å². The highest BCUT2D eigenvalue weighted by Crippen LogP contribution is 2.15. The molecule has 0 aliphatic heterocycles. The van der Waals surface area contributed by atoms with Crippen LogP contribution in [0.15, 0.2) is 12.2 Å². The molecule has 9 heteroatoms. The number of hydrogen-bond acceptors (Lipinski definition) is 9. The topological polar surface area (TPSA) is 117 Å². The van der Waals surface area contributed by atoms with Crippen LogP contribution >= 0.6 is 0 Å². The number of allylic oxidation sites excluding steroid dienone is 1. The van der Waals surface area contributed by atoms with E-state index in [9.17, 15) is 19.2 Å². The number of carbonyl (C=O) groups excluding carboxylic acids is 4. The lowest BCUT2D eigenvalue weighted by Crippen LogP contribution is -2.27. The van der Waals surface area contributed by atoms with Crippen molar-refractivity contribution in [3.05, 3.63) is 12.2 Å². The summed E-state index contributed by atoms with van der Waals surface area (Å²) in [5.41, 5.74) is 0. The monoisotopic (exact) mass is 569 g/mol. The maximum absolute atomic E-state index is 12.4. The van der Waals surface area contributed by atoms with Crippen LogP contribution in [0.1, 0.15) is 130 Å². The average Bonchev–Trinajstić information content (AvgIpc) is 2.89. The molecule has 0 aliphatic carbocycles. The standard InChI is InChI=1S/C31H55NO8/c1-5-6-7-14-18-28(40-31(36)22-17-21-29(34)37-24-23-32-26(2)3)19-15-12-10-8-9-11-13-16-20-30(35)39-25-38-27(4)33/h12,15,26,28,32H,5-11,13-14,16-25H2,1-4H3/b15-12-. The zero-order chi connectivity index (χ0) is 29.8. The molecule has 0 rings (SSSR count). The van der Waals surface area contributed by atoms with Crippen molar-refractivity contribution in [1.82, 2.24) is 5.32 Å². The first-order valence-electron chi connectivity index (χ1n) is 15.3. The van der Waals surface area contributed by atoms with Crippen molar-refractivity contribution in [2.45, 2.75) is 143 Å². The van der Waals surface area contributed by atoms with Crippen LogP contribution in [-0.4, -0.2) is 56.0 Å². The van der Waals surface area contributed by atoms with Crippen LogP contribution in [-0.2, 0) is 38.1 Å². The number of hydrogen-bond donors (Lipinski definition) is 1. The van der Waals surface area contributed by atoms with Crippen LogP contribution in [0.5, 0.6) is 0 Å². The minimum atomic E-state index is -0.470. The zero-order valence-corrected chi connectivity index (χ0v) is 25.5. The van der Waals surface area contributed by atoms with Gasteiger partial charge in [0, 0.05) is 45.2 Å². The van der Waals surface area contributed by atoms with E-state index < -0.39 is 5.97 Å². The van der Waals surface area contributed by atoms with E-state index in [1.165, 1.54) is 13.3 Å². The van der Waals surface area contributed by atoms with E-state index in [1.807, 2.05) is 13.8 Å². The number of nitrogens with one attached hydrogen (secondary N) is 1. The first-order chi connectivity index (χ1) is 19.2. The van der Waals surface area contributed by atoms with Gasteiger partial charge in [-0.25, -0.2) is 0 Å². The minimum absolute atomic E-state index is 0.129. The van der Waals surface area contributed by atoms with Crippen molar-refractivity contribution >= 4 is 23.9 Å². The number of ether oxygens (including phenoxy) is 4. The predicted molar refractivity (Wildman–Crippen MR) is 155 cm³/mol. The van der Waals surface area contributed by atoms with E-state index in [0.29, 0.717) is 38.5 Å². The van der Waals surface area contributed by atoms with Gasteiger partial charge in [-0.1, -0.05) is 71.4 Å². The lowest BCUT2D eigenvalue weighted by molar-refractivity contribution is -0.165. The fourth-order valence-electron chi connectivity index (χ4n) is 3.91. The van der Waals surface area contributed by atoms with Gasteiger partial charge in [0.2, 0.25) is 6.79 Å². The van der Waals surface area contributed by atoms with Crippen LogP contribution in [0.3, 0.4) is 0 Å². The van der Waals surface area contributed by atoms with Crippen molar-refractivity contribution < 1.29 is 38.1 Å². The van der Waals surface area contributed by atoms with E-state index in [1.54, 1.807) is 0 Å². The molecule has 9 nitrogen and oxygen atoms in total. The molecule has 232 valence electrons. The van der Waals surface area contributed by atoms with E-state index in [0.717, 1.165) is 64.2 Å². The molecule has 0 aliphatic rings. The molecule has 0 aromatic carbocycles. The molecule has 40 heavy (non-hydrogen) atoms. The first-order valence-corrected chi connectivity index (χ1v) is 15.3. The van der Waals surface area contributed by atoms with E-state index >= 15 is 0 Å². The average molecular weight is 570 g/mol. The molecule has 1 unspecified atom stereocenters. The highest BCUT2D eigenvalue weighted by molar-refractivity contribution is 5.72. The Bertz CT molecular complexity index is 707. The van der Waals surface area contributed by atoms with Gasteiger partial charge in [-0.3, -0.25) is 19.2 Å². The normalized spacial score (nSPS) is 11.9. The molecule has 0 heterocycles. The molecule has 1 N–H and O–H groups in total. The molecule has 1 atom stereocenters. The number of rotatable bonds is 26. The number of carbonyl (C=O) groups is 4. The first kappa shape index (κ1) is 37.6. The van der Waals surface area contributed by atoms with Crippen molar-refractivity contribution in [2.75, 3.05) is 19.9 Å². The molecule has 0 saturated heterocycles. The Hall–Kier alpha value is -2.42. The van der Waals surface area contributed by atoms with Gasteiger partial charge in [0.1, 0.15) is 12.7 Å². The molecular formula is C31H55NO8. The highest BCUT2D eigenvalue weighted by Gasteiger charge is 2.14. The third-order valence-corrected chi connectivity index (χ3v) is 6.16. The zero-order valence-electron chi connectivity index (χ0n) is 25.5. The summed E-state index contributed by atoms with van der Waals surface area (Å²) in [6.07, 6.45) is 17.3. The van der Waals surface area contributed by atoms with Gasteiger partial charge in [-0.2, -0.15) is 0 Å². The van der Waals surface area contributed by atoms with Crippen LogP contribution in [0.4, 0.5) is 0 Å². The quantitative estimate of drug-likeness (QED) is 0.0420. The van der Waals surface area contributed by atoms with Crippen LogP contribution in [0.25, 0.3) is 0 Å². The molecule has 0 amide bonds. The summed E-state index contributed by atoms with van der Waals surface area (Å²) in [5.74, 6) is -1.35. The summed E-state index contributed by atoms with van der Waals surface area (Å²) < 4.78 is 20.3. The maximum Gasteiger partial charge on any atom is 0.308 e. The third kappa shape index (κ3) is 27.2. The summed E-state index contributed by atoms with van der Waals surface area (Å²) in [5, 5.41) is 3.19. The summed E-state index contributed by atoms with van der Waals surface area (Å²) in [4.78, 5) is 46.4. The van der Waals surface area contributed by atoms with Gasteiger partial charge in [-0.15, -0.1) is 0 Å². The molecule has 0 fully saturated rings. The molecule has 0 radical (unpaired) electrons. The van der Waals surface area contributed by atoms with Crippen molar-refractivity contribution in [3.63, 3.8) is 0 Å². The number of esters is 4. The summed E-state index contributed by atoms with van der Waals surface area (Å²) >= 11 is 0. The van der Waals surface area contributed by atoms with Gasteiger partial charge >= 0.3 is 23.9 Å². The largest absolute Gasteiger partial charge is 0.464 e. The van der Waals surface area contributed by atoms with Gasteiger partial charge in [0.05, 0.1) is 0 Å². The Kier molecular flexibility index (Phi) is 25.2. The third-order valence-electron chi connectivity index (χ3n) is 6.16. The van der Waals surface area contributed by atoms with Crippen LogP contribution in [0.2, 0.25) is 0 Å². The second kappa shape index (κ2) is 26.8. The lowest BCUT2D eigenvalue weighted by Gasteiger charge is -2.16. The molecule has 0 aromatic rings. The van der Waals surface area contributed by atoms with E-state index in [-0.39, 0.29) is 43.6 Å².